The van der Waals surface area contributed by atoms with E-state index < -0.39 is 23.8 Å². The lowest BCUT2D eigenvalue weighted by Crippen LogP contribution is -2.40. The Bertz CT molecular complexity index is 578. The number of benzene rings is 1. The molecule has 0 aromatic heterocycles. The number of alkyl halides is 3. The van der Waals surface area contributed by atoms with Crippen LogP contribution >= 0.6 is 12.6 Å². The summed E-state index contributed by atoms with van der Waals surface area (Å²) in [6, 6.07) is 3.01. The smallest absolute Gasteiger partial charge is 0.430 e. The van der Waals surface area contributed by atoms with Crippen LogP contribution in [0.3, 0.4) is 0 Å². The number of hydrogen-bond acceptors (Lipinski definition) is 3. The molecule has 0 saturated carbocycles. The van der Waals surface area contributed by atoms with Crippen molar-refractivity contribution in [2.45, 2.75) is 24.1 Å². The van der Waals surface area contributed by atoms with Gasteiger partial charge in [-0.05, 0) is 30.7 Å². The zero-order chi connectivity index (χ0) is 14.4. The lowest BCUT2D eigenvalue weighted by Gasteiger charge is -2.28. The van der Waals surface area contributed by atoms with E-state index in [4.69, 9.17) is 9.84 Å². The number of fused-ring (bicyclic) bond motifs is 1. The predicted octanol–water partition coefficient (Wildman–Crippen LogP) is 3.08. The van der Waals surface area contributed by atoms with Gasteiger partial charge in [-0.25, -0.2) is 4.79 Å². The molecule has 2 rings (SSSR count). The van der Waals surface area contributed by atoms with Crippen molar-refractivity contribution in [1.82, 2.24) is 0 Å². The number of carboxylic acids is 1. The maximum Gasteiger partial charge on any atom is 0.430 e. The summed E-state index contributed by atoms with van der Waals surface area (Å²) in [5, 5.41) is 8.87. The molecule has 0 aliphatic carbocycles. The summed E-state index contributed by atoms with van der Waals surface area (Å²) in [5.41, 5.74) is -0.0846. The van der Waals surface area contributed by atoms with E-state index in [0.717, 1.165) is 6.08 Å². The minimum absolute atomic E-state index is 0.0325. The third-order valence-electron chi connectivity index (χ3n) is 2.66. The number of aryl methyl sites for hydroxylation is 1. The molecule has 1 aliphatic heterocycles. The average molecular weight is 290 g/mol. The topological polar surface area (TPSA) is 46.5 Å². The quantitative estimate of drug-likeness (QED) is 0.781. The van der Waals surface area contributed by atoms with Crippen LogP contribution in [0.1, 0.15) is 11.1 Å². The Morgan fingerprint density at radius 3 is 2.58 bits per heavy atom. The molecule has 0 spiro atoms. The normalized spacial score (nSPS) is 18.4. The average Bonchev–Trinajstić information content (AvgIpc) is 2.25. The largest absolute Gasteiger partial charge is 0.478 e. The van der Waals surface area contributed by atoms with Crippen LogP contribution in [0.2, 0.25) is 0 Å². The van der Waals surface area contributed by atoms with Gasteiger partial charge in [0.25, 0.3) is 0 Å². The van der Waals surface area contributed by atoms with Crippen LogP contribution in [-0.4, -0.2) is 23.4 Å². The van der Waals surface area contributed by atoms with E-state index in [1.807, 2.05) is 0 Å². The highest BCUT2D eigenvalue weighted by atomic mass is 32.1. The van der Waals surface area contributed by atoms with Gasteiger partial charge in [0.15, 0.2) is 0 Å². The number of carbonyl (C=O) groups is 1. The third kappa shape index (κ3) is 2.56. The van der Waals surface area contributed by atoms with Crippen LogP contribution < -0.4 is 4.74 Å². The lowest BCUT2D eigenvalue weighted by molar-refractivity contribution is -0.187. The van der Waals surface area contributed by atoms with Crippen molar-refractivity contribution in [2.75, 3.05) is 0 Å². The Morgan fingerprint density at radius 2 is 2.05 bits per heavy atom. The summed E-state index contributed by atoms with van der Waals surface area (Å²) in [7, 11) is 0. The first-order valence-corrected chi connectivity index (χ1v) is 5.66. The van der Waals surface area contributed by atoms with Crippen LogP contribution in [-0.2, 0) is 4.79 Å². The molecule has 1 atom stereocenters. The standard InChI is InChI=1S/C12H9F3O3S/c1-5-2-7(19)3-6-4-8(11(16)17)10(12(13,14)15)18-9(5)6/h2-4,10,19H,1H3,(H,16,17). The summed E-state index contributed by atoms with van der Waals surface area (Å²) in [5.74, 6) is -1.62. The van der Waals surface area contributed by atoms with Crippen LogP contribution in [0.5, 0.6) is 5.75 Å². The van der Waals surface area contributed by atoms with Crippen molar-refractivity contribution in [3.05, 3.63) is 28.8 Å². The number of aliphatic carboxylic acids is 1. The molecule has 0 radical (unpaired) electrons. The van der Waals surface area contributed by atoms with Gasteiger partial charge >= 0.3 is 12.1 Å². The van der Waals surface area contributed by atoms with Gasteiger partial charge in [-0.15, -0.1) is 12.6 Å². The van der Waals surface area contributed by atoms with E-state index in [2.05, 4.69) is 12.6 Å². The molecule has 102 valence electrons. The molecular weight excluding hydrogens is 281 g/mol. The fourth-order valence-electron chi connectivity index (χ4n) is 1.89. The number of ether oxygens (including phenoxy) is 1. The van der Waals surface area contributed by atoms with Crippen molar-refractivity contribution in [3.8, 4) is 5.75 Å². The third-order valence-corrected chi connectivity index (χ3v) is 2.92. The molecule has 1 unspecified atom stereocenters. The molecule has 0 saturated heterocycles. The van der Waals surface area contributed by atoms with Crippen LogP contribution in [0.4, 0.5) is 13.2 Å². The second kappa shape index (κ2) is 4.48. The zero-order valence-corrected chi connectivity index (χ0v) is 10.5. The Kier molecular flexibility index (Phi) is 3.25. The number of carboxylic acid groups (broad SMARTS) is 1. The molecule has 19 heavy (non-hydrogen) atoms. The maximum absolute atomic E-state index is 12.8. The summed E-state index contributed by atoms with van der Waals surface area (Å²) in [4.78, 5) is 11.4. The van der Waals surface area contributed by atoms with E-state index in [1.54, 1.807) is 13.0 Å². The molecule has 3 nitrogen and oxygen atoms in total. The molecule has 1 aliphatic rings. The molecule has 1 aromatic rings. The monoisotopic (exact) mass is 290 g/mol. The molecule has 0 bridgehead atoms. The summed E-state index contributed by atoms with van der Waals surface area (Å²) in [6.07, 6.45) is -6.26. The minimum atomic E-state index is -4.78. The molecular formula is C12H9F3O3S. The van der Waals surface area contributed by atoms with Gasteiger partial charge in [-0.2, -0.15) is 13.2 Å². The second-order valence-electron chi connectivity index (χ2n) is 4.13. The second-order valence-corrected chi connectivity index (χ2v) is 4.64. The fourth-order valence-corrected chi connectivity index (χ4v) is 2.22. The molecule has 1 heterocycles. The van der Waals surface area contributed by atoms with E-state index in [9.17, 15) is 18.0 Å². The molecule has 0 amide bonds. The van der Waals surface area contributed by atoms with Gasteiger partial charge in [0.1, 0.15) is 5.75 Å². The summed E-state index contributed by atoms with van der Waals surface area (Å²) < 4.78 is 43.3. The number of rotatable bonds is 1. The SMILES string of the molecule is Cc1cc(S)cc2c1OC(C(F)(F)F)C(C(=O)O)=C2. The van der Waals surface area contributed by atoms with Gasteiger partial charge in [0.2, 0.25) is 6.10 Å². The van der Waals surface area contributed by atoms with E-state index in [0.29, 0.717) is 10.5 Å². The first kappa shape index (κ1) is 13.8. The number of hydrogen-bond donors (Lipinski definition) is 2. The van der Waals surface area contributed by atoms with Gasteiger partial charge in [0.05, 0.1) is 5.57 Å². The van der Waals surface area contributed by atoms with Crippen molar-refractivity contribution < 1.29 is 27.8 Å². The van der Waals surface area contributed by atoms with Crippen molar-refractivity contribution >= 4 is 24.7 Å². The van der Waals surface area contributed by atoms with Gasteiger partial charge in [-0.3, -0.25) is 0 Å². The van der Waals surface area contributed by atoms with Crippen LogP contribution in [0.25, 0.3) is 6.08 Å². The van der Waals surface area contributed by atoms with Gasteiger partial charge in [-0.1, -0.05) is 0 Å². The fraction of sp³-hybridized carbons (Fsp3) is 0.250. The van der Waals surface area contributed by atoms with E-state index >= 15 is 0 Å². The summed E-state index contributed by atoms with van der Waals surface area (Å²) >= 11 is 4.09. The Balaban J connectivity index is 2.61. The maximum atomic E-state index is 12.8. The van der Waals surface area contributed by atoms with E-state index in [-0.39, 0.29) is 11.3 Å². The van der Waals surface area contributed by atoms with Crippen LogP contribution in [0.15, 0.2) is 22.6 Å². The minimum Gasteiger partial charge on any atom is -0.478 e. The highest BCUT2D eigenvalue weighted by molar-refractivity contribution is 7.80. The highest BCUT2D eigenvalue weighted by Crippen LogP contribution is 2.39. The van der Waals surface area contributed by atoms with Crippen molar-refractivity contribution in [3.63, 3.8) is 0 Å². The first-order chi connectivity index (χ1) is 8.70. The Labute approximate surface area is 112 Å². The summed E-state index contributed by atoms with van der Waals surface area (Å²) in [6.45, 7) is 1.57. The van der Waals surface area contributed by atoms with Gasteiger partial charge < -0.3 is 9.84 Å². The Morgan fingerprint density at radius 1 is 1.42 bits per heavy atom. The molecule has 1 aromatic carbocycles. The van der Waals surface area contributed by atoms with Crippen molar-refractivity contribution in [2.24, 2.45) is 0 Å². The number of halogens is 3. The zero-order valence-electron chi connectivity index (χ0n) is 9.65. The Hall–Kier alpha value is -1.63. The number of thiol groups is 1. The first-order valence-electron chi connectivity index (χ1n) is 5.22. The molecule has 0 fully saturated rings. The van der Waals surface area contributed by atoms with Crippen LogP contribution in [0, 0.1) is 6.92 Å². The van der Waals surface area contributed by atoms with Crippen molar-refractivity contribution in [1.29, 1.82) is 0 Å². The molecule has 7 heteroatoms. The van der Waals surface area contributed by atoms with E-state index in [1.165, 1.54) is 6.07 Å². The molecule has 1 N–H and O–H groups in total. The highest BCUT2D eigenvalue weighted by Gasteiger charge is 2.48. The van der Waals surface area contributed by atoms with Gasteiger partial charge in [0, 0.05) is 10.5 Å². The lowest BCUT2D eigenvalue weighted by atomic mass is 9.99. The predicted molar refractivity (Wildman–Crippen MR) is 64.5 cm³/mol.